The van der Waals surface area contributed by atoms with Crippen molar-refractivity contribution >= 4 is 28.5 Å². The summed E-state index contributed by atoms with van der Waals surface area (Å²) in [5, 5.41) is 8.16. The molecule has 1 saturated carbocycles. The number of rotatable bonds is 8. The van der Waals surface area contributed by atoms with Crippen molar-refractivity contribution in [2.75, 3.05) is 32.7 Å². The van der Waals surface area contributed by atoms with Crippen LogP contribution in [0.1, 0.15) is 32.3 Å². The van der Waals surface area contributed by atoms with Crippen LogP contribution in [0.3, 0.4) is 0 Å². The van der Waals surface area contributed by atoms with E-state index in [-0.39, 0.29) is 30.1 Å². The largest absolute Gasteiger partial charge is 0.352 e. The highest BCUT2D eigenvalue weighted by Crippen LogP contribution is 2.20. The van der Waals surface area contributed by atoms with Gasteiger partial charge < -0.3 is 15.5 Å². The van der Waals surface area contributed by atoms with Gasteiger partial charge >= 0.3 is 0 Å². The van der Waals surface area contributed by atoms with Crippen LogP contribution in [0.4, 0.5) is 0 Å². The predicted molar refractivity (Wildman–Crippen MR) is 129 cm³/mol. The van der Waals surface area contributed by atoms with Crippen LogP contribution in [0.15, 0.2) is 42.5 Å². The van der Waals surface area contributed by atoms with Crippen LogP contribution in [-0.4, -0.2) is 72.3 Å². The Bertz CT molecular complexity index is 1000. The Labute approximate surface area is 195 Å². The average Bonchev–Trinajstić information content (AvgIpc) is 3.61. The summed E-state index contributed by atoms with van der Waals surface area (Å²) in [6.07, 6.45) is 2.40. The van der Waals surface area contributed by atoms with Crippen molar-refractivity contribution in [1.29, 1.82) is 0 Å². The highest BCUT2D eigenvalue weighted by molar-refractivity contribution is 5.92. The van der Waals surface area contributed by atoms with Crippen LogP contribution in [0.5, 0.6) is 0 Å². The van der Waals surface area contributed by atoms with Crippen LogP contribution in [0.2, 0.25) is 0 Å². The van der Waals surface area contributed by atoms with Crippen LogP contribution in [0, 0.1) is 5.92 Å². The number of benzene rings is 2. The molecule has 1 aliphatic carbocycles. The third-order valence-corrected chi connectivity index (χ3v) is 6.47. The number of nitrogens with zero attached hydrogens (tertiary/aromatic N) is 2. The van der Waals surface area contributed by atoms with E-state index in [0.29, 0.717) is 38.8 Å². The topological polar surface area (TPSA) is 81.8 Å². The molecule has 2 N–H and O–H groups in total. The summed E-state index contributed by atoms with van der Waals surface area (Å²) in [6, 6.07) is 13.8. The third-order valence-electron chi connectivity index (χ3n) is 6.47. The number of hydrogen-bond donors (Lipinski definition) is 2. The summed E-state index contributed by atoms with van der Waals surface area (Å²) in [5.41, 5.74) is 0.957. The van der Waals surface area contributed by atoms with Crippen LogP contribution in [0.25, 0.3) is 10.8 Å². The molecule has 7 heteroatoms. The monoisotopic (exact) mass is 450 g/mol. The van der Waals surface area contributed by atoms with Crippen LogP contribution >= 0.6 is 0 Å². The molecule has 33 heavy (non-hydrogen) atoms. The van der Waals surface area contributed by atoms with E-state index in [1.54, 1.807) is 0 Å². The standard InChI is InChI=1S/C26H34N4O3/c1-18(2)25(28-23(31)16-20-8-5-7-19-6-3-4-9-22(19)20)26(33)30-14-12-29(13-15-30)17-24(32)27-21-10-11-21/h3-9,18,21,25H,10-17H2,1-2H3,(H,27,32)(H,28,31)/t25-/m0/s1. The number of nitrogens with one attached hydrogen (secondary N) is 2. The molecule has 2 aliphatic rings. The van der Waals surface area contributed by atoms with Crippen molar-refractivity contribution in [3.05, 3.63) is 48.0 Å². The summed E-state index contributed by atoms with van der Waals surface area (Å²) in [5.74, 6) is -0.138. The quantitative estimate of drug-likeness (QED) is 0.644. The Morgan fingerprint density at radius 3 is 2.33 bits per heavy atom. The molecule has 1 saturated heterocycles. The van der Waals surface area contributed by atoms with Gasteiger partial charge in [-0.15, -0.1) is 0 Å². The summed E-state index contributed by atoms with van der Waals surface area (Å²) in [6.45, 7) is 6.76. The van der Waals surface area contributed by atoms with Gasteiger partial charge in [0.05, 0.1) is 13.0 Å². The molecule has 1 aliphatic heterocycles. The second-order valence-corrected chi connectivity index (χ2v) is 9.55. The van der Waals surface area contributed by atoms with Crippen molar-refractivity contribution in [3.8, 4) is 0 Å². The van der Waals surface area contributed by atoms with Gasteiger partial charge in [-0.05, 0) is 35.1 Å². The first kappa shape index (κ1) is 23.2. The van der Waals surface area contributed by atoms with Crippen molar-refractivity contribution in [2.45, 2.75) is 45.2 Å². The SMILES string of the molecule is CC(C)[C@H](NC(=O)Cc1cccc2ccccc12)C(=O)N1CCN(CC(=O)NC2CC2)CC1. The minimum absolute atomic E-state index is 0.0173. The van der Waals surface area contributed by atoms with E-state index in [0.717, 1.165) is 29.2 Å². The lowest BCUT2D eigenvalue weighted by atomic mass is 9.99. The fourth-order valence-electron chi connectivity index (χ4n) is 4.38. The minimum atomic E-state index is -0.558. The Balaban J connectivity index is 1.31. The molecular formula is C26H34N4O3. The minimum Gasteiger partial charge on any atom is -0.352 e. The fourth-order valence-corrected chi connectivity index (χ4v) is 4.38. The average molecular weight is 451 g/mol. The molecule has 2 aromatic rings. The molecule has 2 aromatic carbocycles. The van der Waals surface area contributed by atoms with E-state index in [2.05, 4.69) is 15.5 Å². The number of fused-ring (bicyclic) bond motifs is 1. The lowest BCUT2D eigenvalue weighted by Crippen LogP contribution is -2.57. The van der Waals surface area contributed by atoms with Gasteiger partial charge in [0.2, 0.25) is 17.7 Å². The van der Waals surface area contributed by atoms with E-state index in [4.69, 9.17) is 0 Å². The summed E-state index contributed by atoms with van der Waals surface area (Å²) in [4.78, 5) is 42.1. The number of carbonyl (C=O) groups is 3. The second-order valence-electron chi connectivity index (χ2n) is 9.55. The fraction of sp³-hybridized carbons (Fsp3) is 0.500. The van der Waals surface area contributed by atoms with Crippen molar-refractivity contribution < 1.29 is 14.4 Å². The van der Waals surface area contributed by atoms with Gasteiger partial charge in [0, 0.05) is 32.2 Å². The van der Waals surface area contributed by atoms with Gasteiger partial charge in [0.25, 0.3) is 0 Å². The molecule has 1 atom stereocenters. The van der Waals surface area contributed by atoms with Gasteiger partial charge in [-0.2, -0.15) is 0 Å². The maximum Gasteiger partial charge on any atom is 0.245 e. The first-order valence-corrected chi connectivity index (χ1v) is 12.0. The molecule has 3 amide bonds. The van der Waals surface area contributed by atoms with E-state index in [1.165, 1.54) is 0 Å². The molecule has 0 spiro atoms. The summed E-state index contributed by atoms with van der Waals surface area (Å²) < 4.78 is 0. The number of amides is 3. The first-order chi connectivity index (χ1) is 15.9. The van der Waals surface area contributed by atoms with E-state index < -0.39 is 6.04 Å². The Kier molecular flexibility index (Phi) is 7.28. The smallest absolute Gasteiger partial charge is 0.245 e. The molecular weight excluding hydrogens is 416 g/mol. The molecule has 0 unspecified atom stereocenters. The molecule has 0 radical (unpaired) electrons. The maximum atomic E-state index is 13.2. The lowest BCUT2D eigenvalue weighted by Gasteiger charge is -2.37. The van der Waals surface area contributed by atoms with Gasteiger partial charge in [0.15, 0.2) is 0 Å². The molecule has 7 nitrogen and oxygen atoms in total. The molecule has 0 bridgehead atoms. The van der Waals surface area contributed by atoms with Crippen molar-refractivity contribution in [1.82, 2.24) is 20.4 Å². The lowest BCUT2D eigenvalue weighted by molar-refractivity contribution is -0.139. The molecule has 2 fully saturated rings. The number of carbonyl (C=O) groups excluding carboxylic acids is 3. The van der Waals surface area contributed by atoms with E-state index >= 15 is 0 Å². The highest BCUT2D eigenvalue weighted by atomic mass is 16.2. The normalized spacial score (nSPS) is 17.7. The van der Waals surface area contributed by atoms with Crippen LogP contribution < -0.4 is 10.6 Å². The van der Waals surface area contributed by atoms with E-state index in [9.17, 15) is 14.4 Å². The van der Waals surface area contributed by atoms with E-state index in [1.807, 2.05) is 61.2 Å². The Hall–Kier alpha value is -2.93. The molecule has 4 rings (SSSR count). The molecule has 0 aromatic heterocycles. The molecule has 176 valence electrons. The van der Waals surface area contributed by atoms with Crippen LogP contribution in [-0.2, 0) is 20.8 Å². The third kappa shape index (κ3) is 6.11. The maximum absolute atomic E-state index is 13.2. The number of hydrogen-bond acceptors (Lipinski definition) is 4. The Morgan fingerprint density at radius 1 is 0.939 bits per heavy atom. The summed E-state index contributed by atoms with van der Waals surface area (Å²) >= 11 is 0. The highest BCUT2D eigenvalue weighted by Gasteiger charge is 2.31. The van der Waals surface area contributed by atoms with Gasteiger partial charge in [0.1, 0.15) is 6.04 Å². The predicted octanol–water partition coefficient (Wildman–Crippen LogP) is 1.95. The first-order valence-electron chi connectivity index (χ1n) is 12.0. The molecule has 1 heterocycles. The Morgan fingerprint density at radius 2 is 1.64 bits per heavy atom. The zero-order valence-electron chi connectivity index (χ0n) is 19.5. The van der Waals surface area contributed by atoms with Crippen molar-refractivity contribution in [2.24, 2.45) is 5.92 Å². The zero-order chi connectivity index (χ0) is 23.4. The van der Waals surface area contributed by atoms with Gasteiger partial charge in [-0.3, -0.25) is 19.3 Å². The number of piperazine rings is 1. The second kappa shape index (κ2) is 10.3. The van der Waals surface area contributed by atoms with Crippen molar-refractivity contribution in [3.63, 3.8) is 0 Å². The zero-order valence-corrected chi connectivity index (χ0v) is 19.5. The summed E-state index contributed by atoms with van der Waals surface area (Å²) in [7, 11) is 0. The van der Waals surface area contributed by atoms with Gasteiger partial charge in [-0.25, -0.2) is 0 Å². The van der Waals surface area contributed by atoms with Gasteiger partial charge in [-0.1, -0.05) is 56.3 Å².